The SMILES string of the molecule is COc1cc(C)c(Br)cc1C(=O)c1cc2c(s1)CCCC2. The Bertz CT molecular complexity index is 680. The molecule has 3 rings (SSSR count). The third-order valence-corrected chi connectivity index (χ3v) is 6.04. The van der Waals surface area contributed by atoms with Crippen molar-refractivity contribution >= 4 is 33.0 Å². The summed E-state index contributed by atoms with van der Waals surface area (Å²) >= 11 is 5.15. The summed E-state index contributed by atoms with van der Waals surface area (Å²) in [4.78, 5) is 15.0. The van der Waals surface area contributed by atoms with Crippen molar-refractivity contribution in [2.45, 2.75) is 32.6 Å². The van der Waals surface area contributed by atoms with Crippen LogP contribution in [-0.4, -0.2) is 12.9 Å². The van der Waals surface area contributed by atoms with E-state index in [-0.39, 0.29) is 5.78 Å². The number of hydrogen-bond acceptors (Lipinski definition) is 3. The summed E-state index contributed by atoms with van der Waals surface area (Å²) in [7, 11) is 1.61. The average molecular weight is 365 g/mol. The molecule has 0 N–H and O–H groups in total. The van der Waals surface area contributed by atoms with Gasteiger partial charge in [0.2, 0.25) is 5.78 Å². The second-order valence-corrected chi connectivity index (χ2v) is 7.39. The minimum atomic E-state index is 0.0620. The van der Waals surface area contributed by atoms with Crippen LogP contribution in [0.3, 0.4) is 0 Å². The summed E-state index contributed by atoms with van der Waals surface area (Å²) in [5, 5.41) is 0. The number of carbonyl (C=O) groups is 1. The normalized spacial score (nSPS) is 13.9. The Kier molecular flexibility index (Phi) is 4.18. The molecule has 0 spiro atoms. The van der Waals surface area contributed by atoms with Crippen LogP contribution in [0.25, 0.3) is 0 Å². The largest absolute Gasteiger partial charge is 0.496 e. The van der Waals surface area contributed by atoms with Gasteiger partial charge in [0.25, 0.3) is 0 Å². The summed E-state index contributed by atoms with van der Waals surface area (Å²) in [5.41, 5.74) is 3.06. The number of thiophene rings is 1. The maximum atomic E-state index is 12.8. The van der Waals surface area contributed by atoms with Crippen LogP contribution in [0.1, 0.15) is 44.1 Å². The summed E-state index contributed by atoms with van der Waals surface area (Å²) in [6, 6.07) is 5.86. The Morgan fingerprint density at radius 1 is 1.24 bits per heavy atom. The molecule has 0 aliphatic heterocycles. The van der Waals surface area contributed by atoms with Gasteiger partial charge >= 0.3 is 0 Å². The van der Waals surface area contributed by atoms with E-state index < -0.39 is 0 Å². The highest BCUT2D eigenvalue weighted by Crippen LogP contribution is 2.34. The van der Waals surface area contributed by atoms with Crippen molar-refractivity contribution < 1.29 is 9.53 Å². The summed E-state index contributed by atoms with van der Waals surface area (Å²) in [5.74, 6) is 0.707. The molecule has 4 heteroatoms. The Morgan fingerprint density at radius 3 is 2.71 bits per heavy atom. The topological polar surface area (TPSA) is 26.3 Å². The molecule has 0 unspecified atom stereocenters. The Labute approximate surface area is 137 Å². The molecular weight excluding hydrogens is 348 g/mol. The van der Waals surface area contributed by atoms with Gasteiger partial charge in [0, 0.05) is 9.35 Å². The van der Waals surface area contributed by atoms with Gasteiger partial charge in [-0.3, -0.25) is 4.79 Å². The van der Waals surface area contributed by atoms with Gasteiger partial charge < -0.3 is 4.74 Å². The van der Waals surface area contributed by atoms with Gasteiger partial charge in [0.1, 0.15) is 5.75 Å². The molecule has 21 heavy (non-hydrogen) atoms. The lowest BCUT2D eigenvalue weighted by molar-refractivity contribution is 0.103. The molecule has 0 amide bonds. The molecule has 0 bridgehead atoms. The van der Waals surface area contributed by atoms with Crippen LogP contribution in [0.4, 0.5) is 0 Å². The molecule has 1 aliphatic rings. The molecule has 1 aliphatic carbocycles. The maximum Gasteiger partial charge on any atom is 0.206 e. The molecule has 0 saturated carbocycles. The van der Waals surface area contributed by atoms with E-state index >= 15 is 0 Å². The molecule has 0 atom stereocenters. The van der Waals surface area contributed by atoms with E-state index in [9.17, 15) is 4.79 Å². The van der Waals surface area contributed by atoms with Crippen molar-refractivity contribution in [2.24, 2.45) is 0 Å². The molecule has 1 aromatic heterocycles. The minimum absolute atomic E-state index is 0.0620. The Balaban J connectivity index is 2.02. The molecule has 0 radical (unpaired) electrons. The van der Waals surface area contributed by atoms with Gasteiger partial charge in [-0.2, -0.15) is 0 Å². The minimum Gasteiger partial charge on any atom is -0.496 e. The number of benzene rings is 1. The van der Waals surface area contributed by atoms with Crippen LogP contribution >= 0.6 is 27.3 Å². The number of halogens is 1. The lowest BCUT2D eigenvalue weighted by Gasteiger charge is -2.09. The highest BCUT2D eigenvalue weighted by molar-refractivity contribution is 9.10. The summed E-state index contributed by atoms with van der Waals surface area (Å²) in [6.45, 7) is 1.99. The lowest BCUT2D eigenvalue weighted by atomic mass is 9.98. The standard InChI is InChI=1S/C17H17BrO2S/c1-10-7-14(20-2)12(9-13(10)18)17(19)16-8-11-5-3-4-6-15(11)21-16/h7-9H,3-6H2,1-2H3. The molecule has 0 fully saturated rings. The number of ketones is 1. The van der Waals surface area contributed by atoms with Crippen LogP contribution in [0.2, 0.25) is 0 Å². The zero-order chi connectivity index (χ0) is 15.0. The molecule has 110 valence electrons. The first-order valence-electron chi connectivity index (χ1n) is 7.10. The van der Waals surface area contributed by atoms with Gasteiger partial charge in [-0.15, -0.1) is 11.3 Å². The molecular formula is C17H17BrO2S. The van der Waals surface area contributed by atoms with Gasteiger partial charge in [0.05, 0.1) is 17.6 Å². The highest BCUT2D eigenvalue weighted by atomic mass is 79.9. The fourth-order valence-electron chi connectivity index (χ4n) is 2.74. The number of carbonyl (C=O) groups excluding carboxylic acids is 1. The lowest BCUT2D eigenvalue weighted by Crippen LogP contribution is -2.03. The second-order valence-electron chi connectivity index (χ2n) is 5.40. The van der Waals surface area contributed by atoms with Crippen LogP contribution < -0.4 is 4.74 Å². The quantitative estimate of drug-likeness (QED) is 0.721. The number of ether oxygens (including phenoxy) is 1. The number of aryl methyl sites for hydroxylation is 3. The third kappa shape index (κ3) is 2.79. The van der Waals surface area contributed by atoms with E-state index in [0.29, 0.717) is 11.3 Å². The van der Waals surface area contributed by atoms with Gasteiger partial charge in [-0.05, 0) is 61.9 Å². The van der Waals surface area contributed by atoms with Crippen molar-refractivity contribution in [1.82, 2.24) is 0 Å². The monoisotopic (exact) mass is 364 g/mol. The van der Waals surface area contributed by atoms with E-state index in [1.54, 1.807) is 18.4 Å². The van der Waals surface area contributed by atoms with Crippen LogP contribution in [-0.2, 0) is 12.8 Å². The van der Waals surface area contributed by atoms with E-state index in [1.165, 1.54) is 23.3 Å². The predicted octanol–water partition coefficient (Wildman–Crippen LogP) is 4.94. The predicted molar refractivity (Wildman–Crippen MR) is 89.8 cm³/mol. The Morgan fingerprint density at radius 2 is 2.00 bits per heavy atom. The van der Waals surface area contributed by atoms with Crippen molar-refractivity contribution in [1.29, 1.82) is 0 Å². The molecule has 0 saturated heterocycles. The van der Waals surface area contributed by atoms with Crippen molar-refractivity contribution in [3.63, 3.8) is 0 Å². The van der Waals surface area contributed by atoms with E-state index in [4.69, 9.17) is 4.74 Å². The first-order chi connectivity index (χ1) is 10.1. The van der Waals surface area contributed by atoms with Crippen molar-refractivity contribution in [2.75, 3.05) is 7.11 Å². The second kappa shape index (κ2) is 5.93. The Hall–Kier alpha value is -1.13. The van der Waals surface area contributed by atoms with Gasteiger partial charge in [0.15, 0.2) is 0 Å². The number of hydrogen-bond donors (Lipinski definition) is 0. The van der Waals surface area contributed by atoms with E-state index in [0.717, 1.165) is 27.8 Å². The number of fused-ring (bicyclic) bond motifs is 1. The first-order valence-corrected chi connectivity index (χ1v) is 8.71. The van der Waals surface area contributed by atoms with E-state index in [1.807, 2.05) is 19.1 Å². The van der Waals surface area contributed by atoms with Gasteiger partial charge in [-0.1, -0.05) is 15.9 Å². The van der Waals surface area contributed by atoms with Crippen molar-refractivity contribution in [3.05, 3.63) is 49.1 Å². The number of rotatable bonds is 3. The highest BCUT2D eigenvalue weighted by Gasteiger charge is 2.21. The van der Waals surface area contributed by atoms with Crippen LogP contribution in [0.15, 0.2) is 22.7 Å². The molecule has 1 aromatic carbocycles. The fraction of sp³-hybridized carbons (Fsp3) is 0.353. The maximum absolute atomic E-state index is 12.8. The number of methoxy groups -OCH3 is 1. The first kappa shape index (κ1) is 14.8. The van der Waals surface area contributed by atoms with Gasteiger partial charge in [-0.25, -0.2) is 0 Å². The van der Waals surface area contributed by atoms with E-state index in [2.05, 4.69) is 22.0 Å². The van der Waals surface area contributed by atoms with Crippen LogP contribution in [0, 0.1) is 6.92 Å². The zero-order valence-electron chi connectivity index (χ0n) is 12.2. The zero-order valence-corrected chi connectivity index (χ0v) is 14.6. The molecule has 2 aromatic rings. The summed E-state index contributed by atoms with van der Waals surface area (Å²) < 4.78 is 6.33. The summed E-state index contributed by atoms with van der Waals surface area (Å²) in [6.07, 6.45) is 4.69. The smallest absolute Gasteiger partial charge is 0.206 e. The third-order valence-electron chi connectivity index (χ3n) is 3.95. The molecule has 1 heterocycles. The fourth-order valence-corrected chi connectivity index (χ4v) is 4.29. The molecule has 2 nitrogen and oxygen atoms in total. The average Bonchev–Trinajstić information content (AvgIpc) is 2.92. The van der Waals surface area contributed by atoms with Crippen molar-refractivity contribution in [3.8, 4) is 5.75 Å². The van der Waals surface area contributed by atoms with Crippen LogP contribution in [0.5, 0.6) is 5.75 Å².